The molecule has 1 heterocycles. The third-order valence-electron chi connectivity index (χ3n) is 2.59. The van der Waals surface area contributed by atoms with Gasteiger partial charge in [0.15, 0.2) is 5.58 Å². The van der Waals surface area contributed by atoms with E-state index in [1.54, 1.807) is 0 Å². The highest BCUT2D eigenvalue weighted by Crippen LogP contribution is 2.36. The van der Waals surface area contributed by atoms with Crippen LogP contribution in [0, 0.1) is 0 Å². The Morgan fingerprint density at radius 3 is 2.56 bits per heavy atom. The SMILES string of the molecule is CN(C)C(c1ccc2oc(=O)[nH]c2c1)C(F)(F)F. The lowest BCUT2D eigenvalue weighted by molar-refractivity contribution is -0.179. The molecule has 2 rings (SSSR count). The molecular formula is C11H11F3N2O2. The van der Waals surface area contributed by atoms with E-state index in [0.717, 1.165) is 4.90 Å². The van der Waals surface area contributed by atoms with Crippen LogP contribution in [0.15, 0.2) is 27.4 Å². The van der Waals surface area contributed by atoms with Crippen molar-refractivity contribution < 1.29 is 17.6 Å². The lowest BCUT2D eigenvalue weighted by atomic mass is 10.1. The Morgan fingerprint density at radius 1 is 1.33 bits per heavy atom. The van der Waals surface area contributed by atoms with Crippen molar-refractivity contribution in [2.24, 2.45) is 0 Å². The van der Waals surface area contributed by atoms with Gasteiger partial charge in [-0.3, -0.25) is 9.88 Å². The second-order valence-electron chi connectivity index (χ2n) is 4.18. The number of hydrogen-bond acceptors (Lipinski definition) is 3. The Labute approximate surface area is 100 Å². The normalized spacial score (nSPS) is 14.3. The Bertz CT molecular complexity index is 613. The molecule has 2 aromatic rings. The molecule has 1 unspecified atom stereocenters. The lowest BCUT2D eigenvalue weighted by Gasteiger charge is -2.26. The highest BCUT2D eigenvalue weighted by molar-refractivity contribution is 5.73. The van der Waals surface area contributed by atoms with Gasteiger partial charge in [-0.25, -0.2) is 4.79 Å². The van der Waals surface area contributed by atoms with Crippen molar-refractivity contribution in [3.8, 4) is 0 Å². The summed E-state index contributed by atoms with van der Waals surface area (Å²) in [6, 6.07) is 2.21. The van der Waals surface area contributed by atoms with Crippen molar-refractivity contribution in [1.29, 1.82) is 0 Å². The molecule has 0 bridgehead atoms. The first-order chi connectivity index (χ1) is 8.29. The van der Waals surface area contributed by atoms with Gasteiger partial charge in [0.05, 0.1) is 5.52 Å². The molecular weight excluding hydrogens is 249 g/mol. The van der Waals surface area contributed by atoms with Crippen LogP contribution in [0.25, 0.3) is 11.1 Å². The van der Waals surface area contributed by atoms with Crippen molar-refractivity contribution in [3.05, 3.63) is 34.3 Å². The summed E-state index contributed by atoms with van der Waals surface area (Å²) in [6.07, 6.45) is -4.39. The van der Waals surface area contributed by atoms with Crippen LogP contribution >= 0.6 is 0 Å². The first kappa shape index (κ1) is 12.7. The molecule has 0 spiro atoms. The highest BCUT2D eigenvalue weighted by atomic mass is 19.4. The average Bonchev–Trinajstić information content (AvgIpc) is 2.54. The van der Waals surface area contributed by atoms with Crippen molar-refractivity contribution >= 4 is 11.1 Å². The molecule has 1 atom stereocenters. The van der Waals surface area contributed by atoms with Crippen LogP contribution in [0.3, 0.4) is 0 Å². The number of nitrogens with one attached hydrogen (secondary N) is 1. The topological polar surface area (TPSA) is 49.2 Å². The Kier molecular flexibility index (Phi) is 2.94. The number of fused-ring (bicyclic) bond motifs is 1. The van der Waals surface area contributed by atoms with Gasteiger partial charge in [-0.05, 0) is 31.8 Å². The molecule has 0 radical (unpaired) electrons. The maximum atomic E-state index is 12.9. The van der Waals surface area contributed by atoms with Crippen LogP contribution in [-0.2, 0) is 0 Å². The molecule has 0 aliphatic carbocycles. The van der Waals surface area contributed by atoms with Gasteiger partial charge in [0.2, 0.25) is 0 Å². The van der Waals surface area contributed by atoms with E-state index in [4.69, 9.17) is 4.42 Å². The fourth-order valence-corrected chi connectivity index (χ4v) is 1.92. The van der Waals surface area contributed by atoms with E-state index in [1.165, 1.54) is 32.3 Å². The highest BCUT2D eigenvalue weighted by Gasteiger charge is 2.42. The van der Waals surface area contributed by atoms with Crippen molar-refractivity contribution in [3.63, 3.8) is 0 Å². The standard InChI is InChI=1S/C11H11F3N2O2/c1-16(2)9(11(12,13)14)6-3-4-8-7(5-6)15-10(17)18-8/h3-5,9H,1-2H3,(H,15,17). The maximum Gasteiger partial charge on any atom is 0.417 e. The number of aromatic amines is 1. The van der Waals surface area contributed by atoms with Crippen molar-refractivity contribution in [2.75, 3.05) is 14.1 Å². The molecule has 0 saturated carbocycles. The Balaban J connectivity index is 2.54. The molecule has 98 valence electrons. The molecule has 1 aromatic carbocycles. The van der Waals surface area contributed by atoms with Crippen LogP contribution < -0.4 is 5.76 Å². The predicted molar refractivity (Wildman–Crippen MR) is 59.3 cm³/mol. The van der Waals surface area contributed by atoms with E-state index in [-0.39, 0.29) is 16.7 Å². The molecule has 4 nitrogen and oxygen atoms in total. The molecule has 0 aliphatic rings. The number of hydrogen-bond donors (Lipinski definition) is 1. The average molecular weight is 260 g/mol. The summed E-state index contributed by atoms with van der Waals surface area (Å²) in [7, 11) is 2.70. The fourth-order valence-electron chi connectivity index (χ4n) is 1.92. The lowest BCUT2D eigenvalue weighted by Crippen LogP contribution is -2.33. The molecule has 0 saturated heterocycles. The summed E-state index contributed by atoms with van der Waals surface area (Å²) < 4.78 is 43.5. The van der Waals surface area contributed by atoms with Crippen molar-refractivity contribution in [1.82, 2.24) is 9.88 Å². The van der Waals surface area contributed by atoms with Gasteiger partial charge < -0.3 is 4.42 Å². The van der Waals surface area contributed by atoms with Crippen LogP contribution in [0.4, 0.5) is 13.2 Å². The molecule has 0 fully saturated rings. The van der Waals surface area contributed by atoms with Gasteiger partial charge in [0, 0.05) is 0 Å². The number of halogens is 3. The summed E-state index contributed by atoms with van der Waals surface area (Å²) in [6.45, 7) is 0. The van der Waals surface area contributed by atoms with E-state index < -0.39 is 18.0 Å². The molecule has 7 heteroatoms. The molecule has 18 heavy (non-hydrogen) atoms. The number of aromatic nitrogens is 1. The zero-order chi connectivity index (χ0) is 13.5. The fraction of sp³-hybridized carbons (Fsp3) is 0.364. The van der Waals surface area contributed by atoms with Gasteiger partial charge in [-0.1, -0.05) is 6.07 Å². The molecule has 1 aromatic heterocycles. The van der Waals surface area contributed by atoms with Crippen LogP contribution in [-0.4, -0.2) is 30.2 Å². The molecule has 1 N–H and O–H groups in total. The van der Waals surface area contributed by atoms with E-state index in [2.05, 4.69) is 4.98 Å². The summed E-state index contributed by atoms with van der Waals surface area (Å²) in [5.41, 5.74) is 0.550. The van der Waals surface area contributed by atoms with Gasteiger partial charge in [-0.2, -0.15) is 13.2 Å². The van der Waals surface area contributed by atoms with Crippen LogP contribution in [0.1, 0.15) is 11.6 Å². The first-order valence-electron chi connectivity index (χ1n) is 5.15. The molecule has 0 aliphatic heterocycles. The number of benzene rings is 1. The van der Waals surface area contributed by atoms with Crippen LogP contribution in [0.2, 0.25) is 0 Å². The summed E-state index contributed by atoms with van der Waals surface area (Å²) in [4.78, 5) is 14.4. The molecule has 0 amide bonds. The van der Waals surface area contributed by atoms with E-state index in [9.17, 15) is 18.0 Å². The number of H-pyrrole nitrogens is 1. The monoisotopic (exact) mass is 260 g/mol. The third kappa shape index (κ3) is 2.26. The minimum Gasteiger partial charge on any atom is -0.408 e. The largest absolute Gasteiger partial charge is 0.417 e. The van der Waals surface area contributed by atoms with E-state index in [1.807, 2.05) is 0 Å². The van der Waals surface area contributed by atoms with Gasteiger partial charge in [-0.15, -0.1) is 0 Å². The third-order valence-corrected chi connectivity index (χ3v) is 2.59. The number of alkyl halides is 3. The summed E-state index contributed by atoms with van der Waals surface area (Å²) >= 11 is 0. The van der Waals surface area contributed by atoms with Gasteiger partial charge >= 0.3 is 11.9 Å². The van der Waals surface area contributed by atoms with E-state index in [0.29, 0.717) is 0 Å². The number of oxazole rings is 1. The number of nitrogens with zero attached hydrogens (tertiary/aromatic N) is 1. The minimum absolute atomic E-state index is 0.0528. The van der Waals surface area contributed by atoms with Gasteiger partial charge in [0.25, 0.3) is 0 Å². The Morgan fingerprint density at radius 2 is 2.00 bits per heavy atom. The van der Waals surface area contributed by atoms with Gasteiger partial charge in [0.1, 0.15) is 6.04 Å². The summed E-state index contributed by atoms with van der Waals surface area (Å²) in [5.74, 6) is -0.685. The summed E-state index contributed by atoms with van der Waals surface area (Å²) in [5, 5.41) is 0. The smallest absolute Gasteiger partial charge is 0.408 e. The minimum atomic E-state index is -4.39. The zero-order valence-corrected chi connectivity index (χ0v) is 9.71. The first-order valence-corrected chi connectivity index (χ1v) is 5.15. The number of rotatable bonds is 2. The second kappa shape index (κ2) is 4.16. The zero-order valence-electron chi connectivity index (χ0n) is 9.71. The van der Waals surface area contributed by atoms with Crippen LogP contribution in [0.5, 0.6) is 0 Å². The van der Waals surface area contributed by atoms with Crippen molar-refractivity contribution in [2.45, 2.75) is 12.2 Å². The second-order valence-corrected chi connectivity index (χ2v) is 4.18. The maximum absolute atomic E-state index is 12.9. The van der Waals surface area contributed by atoms with E-state index >= 15 is 0 Å². The Hall–Kier alpha value is -1.76. The quantitative estimate of drug-likeness (QED) is 0.901. The predicted octanol–water partition coefficient (Wildman–Crippen LogP) is 2.29.